The molecule has 4 saturated carbocycles. The highest BCUT2D eigenvalue weighted by Gasteiger charge is 2.51. The molecule has 5 rings (SSSR count). The van der Waals surface area contributed by atoms with Gasteiger partial charge < -0.3 is 15.4 Å². The van der Waals surface area contributed by atoms with Crippen molar-refractivity contribution in [2.45, 2.75) is 49.0 Å². The maximum atomic E-state index is 12.7. The molecule has 4 bridgehead atoms. The second-order valence-electron chi connectivity index (χ2n) is 8.78. The van der Waals surface area contributed by atoms with Crippen LogP contribution in [-0.4, -0.2) is 43.4 Å². The maximum Gasteiger partial charge on any atom is 0.252 e. The van der Waals surface area contributed by atoms with Crippen molar-refractivity contribution in [2.75, 3.05) is 26.0 Å². The van der Waals surface area contributed by atoms with E-state index in [2.05, 4.69) is 10.6 Å². The van der Waals surface area contributed by atoms with Gasteiger partial charge in [-0.05, 0) is 68.4 Å². The topological polar surface area (TPSA) is 67.4 Å². The zero-order chi connectivity index (χ0) is 19.6. The van der Waals surface area contributed by atoms with Crippen molar-refractivity contribution in [1.82, 2.24) is 10.6 Å². The second kappa shape index (κ2) is 8.46. The van der Waals surface area contributed by atoms with Crippen LogP contribution in [0.3, 0.4) is 0 Å². The zero-order valence-corrected chi connectivity index (χ0v) is 17.4. The van der Waals surface area contributed by atoms with E-state index in [9.17, 15) is 9.59 Å². The summed E-state index contributed by atoms with van der Waals surface area (Å²) in [5.41, 5.74) is 0.662. The quantitative estimate of drug-likeness (QED) is 0.517. The Balaban J connectivity index is 1.33. The molecule has 2 amide bonds. The lowest BCUT2D eigenvalue weighted by molar-refractivity contribution is -0.124. The van der Waals surface area contributed by atoms with Crippen LogP contribution in [0.1, 0.15) is 48.9 Å². The summed E-state index contributed by atoms with van der Waals surface area (Å²) in [4.78, 5) is 26.0. The van der Waals surface area contributed by atoms with Crippen LogP contribution in [-0.2, 0) is 9.53 Å². The normalized spacial score (nSPS) is 30.2. The number of ether oxygens (including phenoxy) is 1. The van der Waals surface area contributed by atoms with E-state index in [1.54, 1.807) is 13.2 Å². The molecule has 28 heavy (non-hydrogen) atoms. The Hall–Kier alpha value is -1.53. The lowest BCUT2D eigenvalue weighted by Crippen LogP contribution is -2.60. The molecule has 4 aliphatic rings. The summed E-state index contributed by atoms with van der Waals surface area (Å²) in [7, 11) is 1.61. The first-order valence-corrected chi connectivity index (χ1v) is 11.4. The molecule has 0 unspecified atom stereocenters. The molecule has 152 valence electrons. The van der Waals surface area contributed by atoms with Crippen molar-refractivity contribution < 1.29 is 14.3 Å². The summed E-state index contributed by atoms with van der Waals surface area (Å²) < 4.78 is 4.98. The van der Waals surface area contributed by atoms with Gasteiger partial charge in [0.2, 0.25) is 5.91 Å². The van der Waals surface area contributed by atoms with Gasteiger partial charge in [0.1, 0.15) is 0 Å². The third-order valence-corrected chi connectivity index (χ3v) is 7.60. The summed E-state index contributed by atoms with van der Waals surface area (Å²) in [6.45, 7) is 0.954. The van der Waals surface area contributed by atoms with Gasteiger partial charge in [-0.1, -0.05) is 12.1 Å². The number of thioether (sulfide) groups is 1. The number of rotatable bonds is 8. The highest BCUT2D eigenvalue weighted by molar-refractivity contribution is 8.00. The van der Waals surface area contributed by atoms with Crippen molar-refractivity contribution >= 4 is 23.6 Å². The fourth-order valence-electron chi connectivity index (χ4n) is 5.88. The average molecular weight is 403 g/mol. The molecule has 0 radical (unpaired) electrons. The first-order chi connectivity index (χ1) is 13.6. The Labute approximate surface area is 171 Å². The van der Waals surface area contributed by atoms with Crippen LogP contribution in [0.15, 0.2) is 29.2 Å². The van der Waals surface area contributed by atoms with E-state index >= 15 is 0 Å². The van der Waals surface area contributed by atoms with Crippen LogP contribution < -0.4 is 10.6 Å². The van der Waals surface area contributed by atoms with Crippen molar-refractivity contribution in [2.24, 2.45) is 17.8 Å². The molecule has 4 aliphatic carbocycles. The van der Waals surface area contributed by atoms with E-state index in [-0.39, 0.29) is 17.4 Å². The van der Waals surface area contributed by atoms with E-state index in [4.69, 9.17) is 4.74 Å². The average Bonchev–Trinajstić information content (AvgIpc) is 2.65. The Kier molecular flexibility index (Phi) is 5.97. The molecule has 0 heterocycles. The van der Waals surface area contributed by atoms with Crippen LogP contribution in [0.5, 0.6) is 0 Å². The smallest absolute Gasteiger partial charge is 0.252 e. The van der Waals surface area contributed by atoms with Gasteiger partial charge in [-0.15, -0.1) is 11.8 Å². The molecule has 1 aromatic rings. The van der Waals surface area contributed by atoms with E-state index in [1.807, 2.05) is 18.2 Å². The van der Waals surface area contributed by atoms with Crippen LogP contribution in [0.25, 0.3) is 0 Å². The lowest BCUT2D eigenvalue weighted by atomic mass is 9.53. The van der Waals surface area contributed by atoms with Gasteiger partial charge in [0.25, 0.3) is 5.91 Å². The second-order valence-corrected chi connectivity index (χ2v) is 9.80. The van der Waals surface area contributed by atoms with Crippen LogP contribution in [0.2, 0.25) is 0 Å². The number of hydrogen-bond donors (Lipinski definition) is 2. The Bertz CT molecular complexity index is 701. The Morgan fingerprint density at radius 3 is 2.39 bits per heavy atom. The van der Waals surface area contributed by atoms with E-state index < -0.39 is 0 Å². The molecule has 0 saturated heterocycles. The van der Waals surface area contributed by atoms with Crippen molar-refractivity contribution in [3.63, 3.8) is 0 Å². The van der Waals surface area contributed by atoms with Crippen molar-refractivity contribution in [3.05, 3.63) is 29.8 Å². The van der Waals surface area contributed by atoms with Crippen molar-refractivity contribution in [1.29, 1.82) is 0 Å². The SMILES string of the molecule is COCCNC(=O)c1ccccc1SCC(=O)NC12CC3CC(CC(C3)C1)C2. The Morgan fingerprint density at radius 2 is 1.75 bits per heavy atom. The number of methoxy groups -OCH3 is 1. The third kappa shape index (κ3) is 4.38. The highest BCUT2D eigenvalue weighted by atomic mass is 32.2. The van der Waals surface area contributed by atoms with Gasteiger partial charge in [-0.25, -0.2) is 0 Å². The predicted molar refractivity (Wildman–Crippen MR) is 110 cm³/mol. The maximum absolute atomic E-state index is 12.7. The number of hydrogen-bond acceptors (Lipinski definition) is 4. The molecular formula is C22H30N2O3S. The summed E-state index contributed by atoms with van der Waals surface area (Å²) >= 11 is 1.45. The highest BCUT2D eigenvalue weighted by Crippen LogP contribution is 2.55. The minimum Gasteiger partial charge on any atom is -0.383 e. The molecule has 6 heteroatoms. The number of nitrogens with one attached hydrogen (secondary N) is 2. The zero-order valence-electron chi connectivity index (χ0n) is 16.5. The van der Waals surface area contributed by atoms with Gasteiger partial charge in [0.15, 0.2) is 0 Å². The molecule has 5 nitrogen and oxygen atoms in total. The lowest BCUT2D eigenvalue weighted by Gasteiger charge is -2.56. The molecule has 2 N–H and O–H groups in total. The standard InChI is InChI=1S/C22H30N2O3S/c1-27-7-6-23-21(26)18-4-2-3-5-19(18)28-14-20(25)24-22-11-15-8-16(12-22)10-17(9-15)13-22/h2-5,15-17H,6-14H2,1H3,(H,23,26)(H,24,25). The number of amides is 2. The molecule has 1 aromatic carbocycles. The fraction of sp³-hybridized carbons (Fsp3) is 0.636. The summed E-state index contributed by atoms with van der Waals surface area (Å²) in [5.74, 6) is 2.77. The van der Waals surface area contributed by atoms with Gasteiger partial charge in [0.05, 0.1) is 17.9 Å². The molecule has 0 spiro atoms. The fourth-order valence-corrected chi connectivity index (χ4v) is 6.73. The molecular weight excluding hydrogens is 372 g/mol. The predicted octanol–water partition coefficient (Wildman–Crippen LogP) is 3.24. The summed E-state index contributed by atoms with van der Waals surface area (Å²) in [6, 6.07) is 7.48. The summed E-state index contributed by atoms with van der Waals surface area (Å²) in [6.07, 6.45) is 7.59. The van der Waals surface area contributed by atoms with Crippen LogP contribution in [0.4, 0.5) is 0 Å². The molecule has 0 atom stereocenters. The van der Waals surface area contributed by atoms with E-state index in [0.29, 0.717) is 24.5 Å². The largest absolute Gasteiger partial charge is 0.383 e. The summed E-state index contributed by atoms with van der Waals surface area (Å²) in [5, 5.41) is 6.26. The molecule has 4 fully saturated rings. The van der Waals surface area contributed by atoms with Crippen LogP contribution in [0, 0.1) is 17.8 Å². The molecule has 0 aromatic heterocycles. The van der Waals surface area contributed by atoms with Gasteiger partial charge in [-0.3, -0.25) is 9.59 Å². The first-order valence-electron chi connectivity index (χ1n) is 10.4. The molecule has 0 aliphatic heterocycles. The van der Waals surface area contributed by atoms with Gasteiger partial charge in [-0.2, -0.15) is 0 Å². The number of benzene rings is 1. The van der Waals surface area contributed by atoms with E-state index in [0.717, 1.165) is 41.9 Å². The number of carbonyl (C=O) groups excluding carboxylic acids is 2. The van der Waals surface area contributed by atoms with Crippen LogP contribution >= 0.6 is 11.8 Å². The third-order valence-electron chi connectivity index (χ3n) is 6.53. The van der Waals surface area contributed by atoms with Gasteiger partial charge in [0, 0.05) is 24.1 Å². The Morgan fingerprint density at radius 1 is 1.11 bits per heavy atom. The monoisotopic (exact) mass is 402 g/mol. The van der Waals surface area contributed by atoms with E-state index in [1.165, 1.54) is 31.0 Å². The minimum absolute atomic E-state index is 0.0451. The first kappa shape index (κ1) is 19.8. The number of carbonyl (C=O) groups is 2. The van der Waals surface area contributed by atoms with Gasteiger partial charge >= 0.3 is 0 Å². The van der Waals surface area contributed by atoms with Crippen molar-refractivity contribution in [3.8, 4) is 0 Å². The minimum atomic E-state index is -0.123.